The molecule has 0 spiro atoms. The Labute approximate surface area is 191 Å². The molecule has 1 aliphatic heterocycles. The quantitative estimate of drug-likeness (QED) is 0.417. The van der Waals surface area contributed by atoms with E-state index in [-0.39, 0.29) is 23.8 Å². The lowest BCUT2D eigenvalue weighted by Gasteiger charge is -2.14. The van der Waals surface area contributed by atoms with Gasteiger partial charge in [-0.1, -0.05) is 52.0 Å². The minimum atomic E-state index is -1.02. The number of benzene rings is 2. The number of carboxylic acid groups (broad SMARTS) is 1. The molecule has 3 rings (SSSR count). The standard InChI is InChI=1S/C21H17BrN2O4S2/c22-15-7-3-13(4-8-15)12-17-19(26)24(21(29)30-17)11-1-2-18(25)23-16-9-5-14(6-10-16)20(27)28/h3-10,12H,1-2,11H2,(H,23,25)(H,27,28)/b17-12-. The molecule has 2 aromatic carbocycles. The number of carbonyl (C=O) groups is 3. The molecule has 2 N–H and O–H groups in total. The van der Waals surface area contributed by atoms with Crippen molar-refractivity contribution in [3.05, 3.63) is 69.0 Å². The number of carbonyl (C=O) groups excluding carboxylic acids is 2. The number of thioether (sulfide) groups is 1. The number of anilines is 1. The minimum Gasteiger partial charge on any atom is -0.478 e. The highest BCUT2D eigenvalue weighted by Gasteiger charge is 2.31. The maximum atomic E-state index is 12.6. The van der Waals surface area contributed by atoms with Crippen molar-refractivity contribution in [1.29, 1.82) is 0 Å². The van der Waals surface area contributed by atoms with Crippen LogP contribution < -0.4 is 5.32 Å². The van der Waals surface area contributed by atoms with E-state index in [9.17, 15) is 14.4 Å². The summed E-state index contributed by atoms with van der Waals surface area (Å²) in [5, 5.41) is 11.6. The summed E-state index contributed by atoms with van der Waals surface area (Å²) in [6.45, 7) is 0.355. The van der Waals surface area contributed by atoms with Crippen molar-refractivity contribution in [2.75, 3.05) is 11.9 Å². The maximum absolute atomic E-state index is 12.6. The largest absolute Gasteiger partial charge is 0.478 e. The molecular weight excluding hydrogens is 488 g/mol. The predicted octanol–water partition coefficient (Wildman–Crippen LogP) is 4.77. The van der Waals surface area contributed by atoms with Gasteiger partial charge in [-0.25, -0.2) is 4.79 Å². The number of hydrogen-bond donors (Lipinski definition) is 2. The Morgan fingerprint density at radius 2 is 1.80 bits per heavy atom. The molecule has 0 bridgehead atoms. The van der Waals surface area contributed by atoms with E-state index in [1.165, 1.54) is 40.9 Å². The third kappa shape index (κ3) is 5.78. The molecule has 2 amide bonds. The highest BCUT2D eigenvalue weighted by molar-refractivity contribution is 9.10. The molecule has 1 saturated heterocycles. The van der Waals surface area contributed by atoms with Crippen molar-refractivity contribution < 1.29 is 19.5 Å². The zero-order valence-corrected chi connectivity index (χ0v) is 18.9. The Morgan fingerprint density at radius 1 is 1.13 bits per heavy atom. The fourth-order valence-electron chi connectivity index (χ4n) is 2.72. The van der Waals surface area contributed by atoms with E-state index in [1.807, 2.05) is 24.3 Å². The summed E-state index contributed by atoms with van der Waals surface area (Å²) in [5.41, 5.74) is 1.58. The minimum absolute atomic E-state index is 0.151. The van der Waals surface area contributed by atoms with Crippen LogP contribution in [0.1, 0.15) is 28.8 Å². The van der Waals surface area contributed by atoms with Gasteiger partial charge in [0.25, 0.3) is 5.91 Å². The average Bonchev–Trinajstić information content (AvgIpc) is 2.97. The van der Waals surface area contributed by atoms with Crippen LogP contribution in [-0.4, -0.2) is 38.7 Å². The van der Waals surface area contributed by atoms with Crippen LogP contribution in [0.5, 0.6) is 0 Å². The highest BCUT2D eigenvalue weighted by atomic mass is 79.9. The van der Waals surface area contributed by atoms with Gasteiger partial charge in [-0.05, 0) is 54.5 Å². The van der Waals surface area contributed by atoms with Gasteiger partial charge >= 0.3 is 5.97 Å². The van der Waals surface area contributed by atoms with Crippen LogP contribution in [0.25, 0.3) is 6.08 Å². The average molecular weight is 505 g/mol. The Kier molecular flexibility index (Phi) is 7.41. The molecule has 0 radical (unpaired) electrons. The first-order chi connectivity index (χ1) is 14.3. The Balaban J connectivity index is 1.51. The third-order valence-corrected chi connectivity index (χ3v) is 6.15. The van der Waals surface area contributed by atoms with E-state index in [0.717, 1.165) is 10.0 Å². The summed E-state index contributed by atoms with van der Waals surface area (Å²) in [6.07, 6.45) is 2.47. The molecule has 9 heteroatoms. The molecular formula is C21H17BrN2O4S2. The number of hydrogen-bond acceptors (Lipinski definition) is 5. The van der Waals surface area contributed by atoms with Gasteiger partial charge in [0, 0.05) is 23.1 Å². The van der Waals surface area contributed by atoms with Gasteiger partial charge in [-0.2, -0.15) is 0 Å². The monoisotopic (exact) mass is 504 g/mol. The second kappa shape index (κ2) is 10.0. The van der Waals surface area contributed by atoms with Crippen LogP contribution in [0.2, 0.25) is 0 Å². The molecule has 2 aromatic rings. The molecule has 0 atom stereocenters. The lowest BCUT2D eigenvalue weighted by molar-refractivity contribution is -0.122. The van der Waals surface area contributed by atoms with Crippen molar-refractivity contribution in [2.24, 2.45) is 0 Å². The molecule has 6 nitrogen and oxygen atoms in total. The summed E-state index contributed by atoms with van der Waals surface area (Å²) in [4.78, 5) is 37.7. The van der Waals surface area contributed by atoms with E-state index in [1.54, 1.807) is 6.08 Å². The molecule has 0 unspecified atom stereocenters. The number of amides is 2. The first-order valence-corrected chi connectivity index (χ1v) is 11.0. The highest BCUT2D eigenvalue weighted by Crippen LogP contribution is 2.32. The van der Waals surface area contributed by atoms with E-state index in [2.05, 4.69) is 21.2 Å². The van der Waals surface area contributed by atoms with Crippen molar-refractivity contribution >= 4 is 73.8 Å². The molecule has 1 aliphatic rings. The summed E-state index contributed by atoms with van der Waals surface area (Å²) < 4.78 is 1.44. The normalized spacial score (nSPS) is 15.0. The summed E-state index contributed by atoms with van der Waals surface area (Å²) in [5.74, 6) is -1.39. The van der Waals surface area contributed by atoms with Crippen LogP contribution in [0, 0.1) is 0 Å². The van der Waals surface area contributed by atoms with Gasteiger partial charge in [0.15, 0.2) is 0 Å². The van der Waals surface area contributed by atoms with Gasteiger partial charge < -0.3 is 10.4 Å². The lowest BCUT2D eigenvalue weighted by Crippen LogP contribution is -2.29. The summed E-state index contributed by atoms with van der Waals surface area (Å²) in [7, 11) is 0. The van der Waals surface area contributed by atoms with Crippen molar-refractivity contribution in [3.63, 3.8) is 0 Å². The van der Waals surface area contributed by atoms with Crippen LogP contribution in [0.15, 0.2) is 57.9 Å². The number of nitrogens with zero attached hydrogens (tertiary/aromatic N) is 1. The van der Waals surface area contributed by atoms with E-state index >= 15 is 0 Å². The van der Waals surface area contributed by atoms with Crippen LogP contribution in [-0.2, 0) is 9.59 Å². The Morgan fingerprint density at radius 3 is 2.43 bits per heavy atom. The maximum Gasteiger partial charge on any atom is 0.335 e. The first-order valence-electron chi connectivity index (χ1n) is 8.97. The van der Waals surface area contributed by atoms with E-state index < -0.39 is 5.97 Å². The molecule has 0 saturated carbocycles. The Hall–Kier alpha value is -2.49. The number of halogens is 1. The van der Waals surface area contributed by atoms with Gasteiger partial charge in [-0.15, -0.1) is 0 Å². The third-order valence-electron chi connectivity index (χ3n) is 4.24. The topological polar surface area (TPSA) is 86.7 Å². The summed E-state index contributed by atoms with van der Waals surface area (Å²) in [6, 6.07) is 13.5. The SMILES string of the molecule is O=C(CCCN1C(=O)/C(=C/c2ccc(Br)cc2)SC1=S)Nc1ccc(C(=O)O)cc1. The summed E-state index contributed by atoms with van der Waals surface area (Å²) >= 11 is 9.96. The van der Waals surface area contributed by atoms with E-state index in [0.29, 0.717) is 27.9 Å². The predicted molar refractivity (Wildman–Crippen MR) is 125 cm³/mol. The number of rotatable bonds is 7. The molecule has 0 aromatic heterocycles. The first kappa shape index (κ1) is 22.2. The zero-order valence-electron chi connectivity index (χ0n) is 15.6. The molecule has 0 aliphatic carbocycles. The Bertz CT molecular complexity index is 1020. The smallest absolute Gasteiger partial charge is 0.335 e. The second-order valence-electron chi connectivity index (χ2n) is 6.42. The van der Waals surface area contributed by atoms with Gasteiger partial charge in [-0.3, -0.25) is 14.5 Å². The number of carboxylic acids is 1. The molecule has 154 valence electrons. The van der Waals surface area contributed by atoms with Crippen LogP contribution in [0.4, 0.5) is 5.69 Å². The number of nitrogens with one attached hydrogen (secondary N) is 1. The van der Waals surface area contributed by atoms with Gasteiger partial charge in [0.1, 0.15) is 4.32 Å². The fraction of sp³-hybridized carbons (Fsp3) is 0.143. The van der Waals surface area contributed by atoms with Gasteiger partial charge in [0.2, 0.25) is 5.91 Å². The molecule has 30 heavy (non-hydrogen) atoms. The van der Waals surface area contributed by atoms with Crippen LogP contribution in [0.3, 0.4) is 0 Å². The van der Waals surface area contributed by atoms with E-state index in [4.69, 9.17) is 17.3 Å². The number of aromatic carboxylic acids is 1. The van der Waals surface area contributed by atoms with Crippen LogP contribution >= 0.6 is 39.9 Å². The lowest BCUT2D eigenvalue weighted by atomic mass is 10.2. The van der Waals surface area contributed by atoms with Crippen molar-refractivity contribution in [1.82, 2.24) is 4.90 Å². The van der Waals surface area contributed by atoms with Crippen molar-refractivity contribution in [3.8, 4) is 0 Å². The second-order valence-corrected chi connectivity index (χ2v) is 9.01. The van der Waals surface area contributed by atoms with Crippen molar-refractivity contribution in [2.45, 2.75) is 12.8 Å². The molecule has 1 fully saturated rings. The van der Waals surface area contributed by atoms with Gasteiger partial charge in [0.05, 0.1) is 10.5 Å². The fourth-order valence-corrected chi connectivity index (χ4v) is 4.29. The zero-order chi connectivity index (χ0) is 21.7. The molecule has 1 heterocycles. The number of thiocarbonyl (C=S) groups is 1.